The van der Waals surface area contributed by atoms with Crippen LogP contribution in [0.5, 0.6) is 0 Å². The highest BCUT2D eigenvalue weighted by Gasteiger charge is 2.43. The summed E-state index contributed by atoms with van der Waals surface area (Å²) in [6.07, 6.45) is 5.47. The minimum atomic E-state index is -0.197. The van der Waals surface area contributed by atoms with Crippen molar-refractivity contribution in [3.05, 3.63) is 47.2 Å². The van der Waals surface area contributed by atoms with Crippen molar-refractivity contribution in [2.24, 2.45) is 0 Å². The van der Waals surface area contributed by atoms with Gasteiger partial charge in [-0.3, -0.25) is 9.78 Å². The largest absolute Gasteiger partial charge is 0.442 e. The third kappa shape index (κ3) is 3.13. The number of rotatable bonds is 5. The SMILES string of the molecule is Cc1ccc(CNC(=O)c2c(C)oc3ncnc(N(C)C4(C)CC4)c23)cn1. The van der Waals surface area contributed by atoms with Crippen LogP contribution in [-0.4, -0.2) is 33.4 Å². The lowest BCUT2D eigenvalue weighted by Crippen LogP contribution is -2.32. The Balaban J connectivity index is 1.67. The first-order valence-electron chi connectivity index (χ1n) is 9.07. The maximum atomic E-state index is 13.0. The van der Waals surface area contributed by atoms with Crippen molar-refractivity contribution in [1.29, 1.82) is 0 Å². The summed E-state index contributed by atoms with van der Waals surface area (Å²) in [6, 6.07) is 3.89. The summed E-state index contributed by atoms with van der Waals surface area (Å²) >= 11 is 0. The van der Waals surface area contributed by atoms with Crippen molar-refractivity contribution in [2.75, 3.05) is 11.9 Å². The molecule has 1 aliphatic rings. The quantitative estimate of drug-likeness (QED) is 0.748. The molecule has 1 saturated carbocycles. The van der Waals surface area contributed by atoms with Gasteiger partial charge >= 0.3 is 0 Å². The maximum absolute atomic E-state index is 13.0. The first kappa shape index (κ1) is 17.5. The molecule has 7 nitrogen and oxygen atoms in total. The van der Waals surface area contributed by atoms with Crippen LogP contribution in [0.1, 0.15) is 47.1 Å². The van der Waals surface area contributed by atoms with E-state index in [0.29, 0.717) is 29.0 Å². The van der Waals surface area contributed by atoms with E-state index in [1.165, 1.54) is 6.33 Å². The van der Waals surface area contributed by atoms with Gasteiger partial charge in [0.15, 0.2) is 0 Å². The number of aryl methyl sites for hydroxylation is 2. The summed E-state index contributed by atoms with van der Waals surface area (Å²) in [5, 5.41) is 3.63. The Kier molecular flexibility index (Phi) is 4.09. The fraction of sp³-hybridized carbons (Fsp3) is 0.400. The number of hydrogen-bond donors (Lipinski definition) is 1. The molecule has 0 spiro atoms. The molecule has 3 heterocycles. The standard InChI is InChI=1S/C20H23N5O2/c1-12-5-6-14(9-21-12)10-22-18(26)15-13(2)27-19-16(15)17(23-11-24-19)25(4)20(3)7-8-20/h5-6,9,11H,7-8,10H2,1-4H3,(H,22,26). The van der Waals surface area contributed by atoms with E-state index < -0.39 is 0 Å². The third-order valence-corrected chi connectivity index (χ3v) is 5.40. The van der Waals surface area contributed by atoms with E-state index in [1.807, 2.05) is 26.1 Å². The van der Waals surface area contributed by atoms with Gasteiger partial charge in [0.05, 0.1) is 10.9 Å². The Morgan fingerprint density at radius 1 is 1.26 bits per heavy atom. The lowest BCUT2D eigenvalue weighted by Gasteiger charge is -2.26. The summed E-state index contributed by atoms with van der Waals surface area (Å²) < 4.78 is 5.76. The van der Waals surface area contributed by atoms with Crippen molar-refractivity contribution >= 4 is 22.8 Å². The van der Waals surface area contributed by atoms with Gasteiger partial charge in [-0.25, -0.2) is 9.97 Å². The smallest absolute Gasteiger partial charge is 0.255 e. The van der Waals surface area contributed by atoms with Gasteiger partial charge in [-0.1, -0.05) is 6.07 Å². The molecule has 0 bridgehead atoms. The van der Waals surface area contributed by atoms with Gasteiger partial charge in [0.1, 0.15) is 17.9 Å². The van der Waals surface area contributed by atoms with E-state index in [1.54, 1.807) is 13.1 Å². The molecule has 0 unspecified atom stereocenters. The van der Waals surface area contributed by atoms with Gasteiger partial charge < -0.3 is 14.6 Å². The lowest BCUT2D eigenvalue weighted by atomic mass is 10.1. The van der Waals surface area contributed by atoms with Crippen molar-refractivity contribution < 1.29 is 9.21 Å². The Labute approximate surface area is 157 Å². The molecule has 0 radical (unpaired) electrons. The predicted octanol–water partition coefficient (Wildman–Crippen LogP) is 3.15. The Hall–Kier alpha value is -2.96. The first-order valence-corrected chi connectivity index (χ1v) is 9.07. The van der Waals surface area contributed by atoms with Crippen molar-refractivity contribution in [3.63, 3.8) is 0 Å². The van der Waals surface area contributed by atoms with Crippen LogP contribution in [0.15, 0.2) is 29.1 Å². The van der Waals surface area contributed by atoms with E-state index in [2.05, 4.69) is 32.1 Å². The molecular formula is C20H23N5O2. The molecule has 140 valence electrons. The van der Waals surface area contributed by atoms with Crippen LogP contribution in [0.2, 0.25) is 0 Å². The van der Waals surface area contributed by atoms with Crippen LogP contribution in [0.4, 0.5) is 5.82 Å². The van der Waals surface area contributed by atoms with Crippen molar-refractivity contribution in [1.82, 2.24) is 20.3 Å². The number of amides is 1. The average Bonchev–Trinajstić information content (AvgIpc) is 3.31. The van der Waals surface area contributed by atoms with Gasteiger partial charge in [0.25, 0.3) is 5.91 Å². The number of aromatic nitrogens is 3. The molecule has 27 heavy (non-hydrogen) atoms. The second-order valence-electron chi connectivity index (χ2n) is 7.46. The van der Waals surface area contributed by atoms with Crippen LogP contribution in [0, 0.1) is 13.8 Å². The highest BCUT2D eigenvalue weighted by atomic mass is 16.3. The summed E-state index contributed by atoms with van der Waals surface area (Å²) in [5.74, 6) is 1.08. The monoisotopic (exact) mass is 365 g/mol. The summed E-state index contributed by atoms with van der Waals surface area (Å²) in [4.78, 5) is 28.0. The normalized spacial score (nSPS) is 15.0. The number of hydrogen-bond acceptors (Lipinski definition) is 6. The molecule has 4 rings (SSSR count). The molecule has 1 amide bonds. The second-order valence-corrected chi connectivity index (χ2v) is 7.46. The third-order valence-electron chi connectivity index (χ3n) is 5.40. The zero-order valence-corrected chi connectivity index (χ0v) is 16.0. The van der Waals surface area contributed by atoms with E-state index in [9.17, 15) is 4.79 Å². The Morgan fingerprint density at radius 3 is 2.70 bits per heavy atom. The first-order chi connectivity index (χ1) is 12.9. The zero-order chi connectivity index (χ0) is 19.2. The van der Waals surface area contributed by atoms with Crippen molar-refractivity contribution in [3.8, 4) is 0 Å². The van der Waals surface area contributed by atoms with Crippen LogP contribution < -0.4 is 10.2 Å². The van der Waals surface area contributed by atoms with E-state index in [0.717, 1.165) is 29.9 Å². The minimum absolute atomic E-state index is 0.0772. The topological polar surface area (TPSA) is 84.2 Å². The molecule has 7 heteroatoms. The molecule has 1 N–H and O–H groups in total. The highest BCUT2D eigenvalue weighted by molar-refractivity contribution is 6.10. The molecule has 3 aromatic rings. The molecule has 1 aliphatic carbocycles. The number of furan rings is 1. The van der Waals surface area contributed by atoms with Gasteiger partial charge in [0, 0.05) is 31.0 Å². The number of nitrogens with zero attached hydrogens (tertiary/aromatic N) is 4. The summed E-state index contributed by atoms with van der Waals surface area (Å²) in [5.41, 5.74) is 2.90. The van der Waals surface area contributed by atoms with E-state index in [-0.39, 0.29) is 11.4 Å². The molecule has 3 aromatic heterocycles. The lowest BCUT2D eigenvalue weighted by molar-refractivity contribution is 0.0951. The van der Waals surface area contributed by atoms with Gasteiger partial charge in [-0.2, -0.15) is 0 Å². The Morgan fingerprint density at radius 2 is 2.04 bits per heavy atom. The van der Waals surface area contributed by atoms with Gasteiger partial charge in [-0.05, 0) is 45.2 Å². The average molecular weight is 365 g/mol. The fourth-order valence-corrected chi connectivity index (χ4v) is 3.20. The van der Waals surface area contributed by atoms with E-state index >= 15 is 0 Å². The summed E-state index contributed by atoms with van der Waals surface area (Å²) in [7, 11) is 2.01. The maximum Gasteiger partial charge on any atom is 0.255 e. The number of carbonyl (C=O) groups excluding carboxylic acids is 1. The minimum Gasteiger partial charge on any atom is -0.442 e. The fourth-order valence-electron chi connectivity index (χ4n) is 3.20. The number of fused-ring (bicyclic) bond motifs is 1. The molecule has 0 saturated heterocycles. The highest BCUT2D eigenvalue weighted by Crippen LogP contribution is 2.44. The molecule has 0 atom stereocenters. The molecule has 1 fully saturated rings. The molecular weight excluding hydrogens is 342 g/mol. The predicted molar refractivity (Wildman–Crippen MR) is 103 cm³/mol. The number of carbonyl (C=O) groups is 1. The van der Waals surface area contributed by atoms with Crippen LogP contribution in [0.3, 0.4) is 0 Å². The molecule has 0 aliphatic heterocycles. The van der Waals surface area contributed by atoms with Crippen LogP contribution in [0.25, 0.3) is 11.1 Å². The number of pyridine rings is 1. The Bertz CT molecular complexity index is 1010. The number of nitrogens with one attached hydrogen (secondary N) is 1. The second kappa shape index (κ2) is 6.33. The van der Waals surface area contributed by atoms with Crippen LogP contribution in [-0.2, 0) is 6.54 Å². The zero-order valence-electron chi connectivity index (χ0n) is 16.0. The molecule has 0 aromatic carbocycles. The van der Waals surface area contributed by atoms with Gasteiger partial charge in [0.2, 0.25) is 5.71 Å². The summed E-state index contributed by atoms with van der Waals surface area (Å²) in [6.45, 7) is 6.31. The van der Waals surface area contributed by atoms with E-state index in [4.69, 9.17) is 4.42 Å². The van der Waals surface area contributed by atoms with Crippen molar-refractivity contribution in [2.45, 2.75) is 45.7 Å². The van der Waals surface area contributed by atoms with Crippen LogP contribution >= 0.6 is 0 Å². The van der Waals surface area contributed by atoms with Gasteiger partial charge in [-0.15, -0.1) is 0 Å². The number of anilines is 1.